The molecule has 0 saturated carbocycles. The van der Waals surface area contributed by atoms with Gasteiger partial charge in [-0.1, -0.05) is 12.5 Å². The number of halogens is 3. The minimum Gasteiger partial charge on any atom is -0.327 e. The van der Waals surface area contributed by atoms with Crippen molar-refractivity contribution in [2.75, 3.05) is 11.0 Å². The van der Waals surface area contributed by atoms with Crippen LogP contribution < -0.4 is 4.72 Å². The highest BCUT2D eigenvalue weighted by Gasteiger charge is 2.32. The van der Waals surface area contributed by atoms with Crippen LogP contribution in [0.5, 0.6) is 0 Å². The number of ketones is 1. The summed E-state index contributed by atoms with van der Waals surface area (Å²) in [6.07, 6.45) is 2.29. The quantitative estimate of drug-likeness (QED) is 0.391. The number of Topliss-reactive ketones (excluding diaryl/α,β-unsaturated/α-hetero) is 1. The van der Waals surface area contributed by atoms with Crippen molar-refractivity contribution in [1.29, 1.82) is 0 Å². The van der Waals surface area contributed by atoms with Crippen molar-refractivity contribution in [3.05, 3.63) is 64.7 Å². The predicted octanol–water partition coefficient (Wildman–Crippen LogP) is 6.22. The van der Waals surface area contributed by atoms with Gasteiger partial charge < -0.3 is 4.72 Å². The summed E-state index contributed by atoms with van der Waals surface area (Å²) in [6.45, 7) is 0. The molecule has 0 heterocycles. The van der Waals surface area contributed by atoms with Gasteiger partial charge in [0.25, 0.3) is 0 Å². The Balaban J connectivity index is 1.47. The van der Waals surface area contributed by atoms with Gasteiger partial charge >= 0.3 is 6.18 Å². The Morgan fingerprint density at radius 3 is 2.55 bits per heavy atom. The van der Waals surface area contributed by atoms with Crippen molar-refractivity contribution in [2.24, 2.45) is 0 Å². The largest absolute Gasteiger partial charge is 0.416 e. The van der Waals surface area contributed by atoms with Crippen LogP contribution in [0, 0.1) is 0 Å². The lowest BCUT2D eigenvalue weighted by molar-refractivity contribution is -0.137. The molecule has 2 nitrogen and oxygen atoms in total. The number of carbonyl (C=O) groups is 1. The Hall–Kier alpha value is -1.73. The van der Waals surface area contributed by atoms with Crippen LogP contribution in [0.25, 0.3) is 0 Å². The fraction of sp³-hybridized carbons (Fsp3) is 0.409. The van der Waals surface area contributed by atoms with Crippen molar-refractivity contribution in [3.63, 3.8) is 0 Å². The van der Waals surface area contributed by atoms with Crippen molar-refractivity contribution in [2.45, 2.75) is 50.6 Å². The van der Waals surface area contributed by atoms with Gasteiger partial charge in [0.2, 0.25) is 0 Å². The molecule has 0 spiro atoms. The molecule has 1 N–H and O–H groups in total. The maximum atomic E-state index is 12.9. The SMILES string of the molecule is CS(=S)Nc1ccc(C(=O)CCCC[C@H]2CCc3cc(C(F)(F)F)ccc32)cc1. The van der Waals surface area contributed by atoms with E-state index in [1.54, 1.807) is 6.07 Å². The van der Waals surface area contributed by atoms with Crippen LogP contribution in [0.3, 0.4) is 0 Å². The highest BCUT2D eigenvalue weighted by atomic mass is 32.8. The molecule has 2 atom stereocenters. The van der Waals surface area contributed by atoms with E-state index in [9.17, 15) is 18.0 Å². The number of benzene rings is 2. The first kappa shape index (κ1) is 22.0. The molecule has 0 bridgehead atoms. The van der Waals surface area contributed by atoms with E-state index in [-0.39, 0.29) is 15.4 Å². The van der Waals surface area contributed by atoms with Gasteiger partial charge in [-0.15, -0.1) is 0 Å². The van der Waals surface area contributed by atoms with Gasteiger partial charge in [0, 0.05) is 23.9 Å². The van der Waals surface area contributed by atoms with Gasteiger partial charge in [0.05, 0.1) is 5.56 Å². The van der Waals surface area contributed by atoms with Gasteiger partial charge in [0.15, 0.2) is 5.78 Å². The summed E-state index contributed by atoms with van der Waals surface area (Å²) in [7, 11) is -0.320. The van der Waals surface area contributed by atoms with E-state index in [4.69, 9.17) is 11.2 Å². The first-order valence-corrected chi connectivity index (χ1v) is 12.2. The van der Waals surface area contributed by atoms with Crippen molar-refractivity contribution in [1.82, 2.24) is 0 Å². The Kier molecular flexibility index (Phi) is 7.11. The monoisotopic (exact) mass is 439 g/mol. The molecule has 0 fully saturated rings. The minimum absolute atomic E-state index is 0.118. The first-order valence-electron chi connectivity index (χ1n) is 9.67. The molecule has 0 radical (unpaired) electrons. The van der Waals surface area contributed by atoms with Crippen LogP contribution in [0.1, 0.15) is 65.1 Å². The van der Waals surface area contributed by atoms with E-state index in [2.05, 4.69) is 4.72 Å². The van der Waals surface area contributed by atoms with E-state index in [0.717, 1.165) is 42.5 Å². The summed E-state index contributed by atoms with van der Waals surface area (Å²) in [6, 6.07) is 11.5. The Bertz CT molecular complexity index is 894. The number of alkyl halides is 3. The first-order chi connectivity index (χ1) is 13.7. The summed E-state index contributed by atoms with van der Waals surface area (Å²) in [4.78, 5) is 12.4. The van der Waals surface area contributed by atoms with Crippen molar-refractivity contribution < 1.29 is 18.0 Å². The minimum atomic E-state index is -4.29. The van der Waals surface area contributed by atoms with Gasteiger partial charge in [-0.3, -0.25) is 4.79 Å². The Labute approximate surface area is 176 Å². The molecule has 156 valence electrons. The van der Waals surface area contributed by atoms with Crippen LogP contribution in [0.4, 0.5) is 18.9 Å². The van der Waals surface area contributed by atoms with Crippen LogP contribution in [0.15, 0.2) is 42.5 Å². The molecule has 0 saturated heterocycles. The maximum Gasteiger partial charge on any atom is 0.416 e. The van der Waals surface area contributed by atoms with E-state index in [1.165, 1.54) is 12.1 Å². The average molecular weight is 440 g/mol. The zero-order valence-corrected chi connectivity index (χ0v) is 17.9. The summed E-state index contributed by atoms with van der Waals surface area (Å²) >= 11 is 5.11. The zero-order chi connectivity index (χ0) is 21.0. The van der Waals surface area contributed by atoms with Gasteiger partial charge in [-0.2, -0.15) is 13.2 Å². The fourth-order valence-electron chi connectivity index (χ4n) is 3.89. The maximum absolute atomic E-state index is 12.9. The highest BCUT2D eigenvalue weighted by Crippen LogP contribution is 2.40. The predicted molar refractivity (Wildman–Crippen MR) is 116 cm³/mol. The molecule has 0 aliphatic heterocycles. The Morgan fingerprint density at radius 2 is 1.90 bits per heavy atom. The summed E-state index contributed by atoms with van der Waals surface area (Å²) in [5.41, 5.74) is 2.91. The normalized spacial score (nSPS) is 17.0. The lowest BCUT2D eigenvalue weighted by Crippen LogP contribution is -2.05. The third-order valence-corrected chi connectivity index (χ3v) is 6.12. The van der Waals surface area contributed by atoms with Crippen LogP contribution in [-0.4, -0.2) is 12.0 Å². The van der Waals surface area contributed by atoms with Crippen LogP contribution in [0.2, 0.25) is 0 Å². The topological polar surface area (TPSA) is 29.1 Å². The number of hydrogen-bond donors (Lipinski definition) is 1. The highest BCUT2D eigenvalue weighted by molar-refractivity contribution is 8.29. The van der Waals surface area contributed by atoms with Crippen LogP contribution in [-0.2, 0) is 33.4 Å². The number of rotatable bonds is 8. The molecule has 0 aromatic heterocycles. The zero-order valence-electron chi connectivity index (χ0n) is 16.2. The fourth-order valence-corrected chi connectivity index (χ4v) is 4.65. The molecule has 2 aromatic rings. The third kappa shape index (κ3) is 5.89. The van der Waals surface area contributed by atoms with Gasteiger partial charge in [-0.05, 0) is 100.0 Å². The molecule has 1 aliphatic rings. The number of fused-ring (bicyclic) bond motifs is 1. The van der Waals surface area contributed by atoms with Crippen molar-refractivity contribution >= 4 is 32.3 Å². The van der Waals surface area contributed by atoms with E-state index in [0.29, 0.717) is 24.3 Å². The molecular weight excluding hydrogens is 415 g/mol. The summed E-state index contributed by atoms with van der Waals surface area (Å²) < 4.78 is 41.7. The summed E-state index contributed by atoms with van der Waals surface area (Å²) in [5, 5.41) is 0. The number of unbranched alkanes of at least 4 members (excludes halogenated alkanes) is 1. The molecule has 0 amide bonds. The molecule has 1 aliphatic carbocycles. The Morgan fingerprint density at radius 1 is 1.17 bits per heavy atom. The van der Waals surface area contributed by atoms with E-state index >= 15 is 0 Å². The number of hydrogen-bond acceptors (Lipinski definition) is 2. The molecular formula is C22H24F3NOS2. The second-order valence-corrected chi connectivity index (χ2v) is 10.1. The summed E-state index contributed by atoms with van der Waals surface area (Å²) in [5.74, 6) is 0.418. The second kappa shape index (κ2) is 9.39. The number of aryl methyl sites for hydroxylation is 1. The second-order valence-electron chi connectivity index (χ2n) is 7.45. The van der Waals surface area contributed by atoms with Gasteiger partial charge in [-0.25, -0.2) is 0 Å². The standard InChI is InChI=1S/C22H24F3NOS2/c1-29(28)26-19-11-8-16(9-12-19)21(27)5-3-2-4-15-6-7-17-14-18(22(23,24)25)10-13-20(15)17/h8-15,26H,2-7H2,1H3/t15-,29?/m0/s1. The molecule has 2 aromatic carbocycles. The van der Waals surface area contributed by atoms with E-state index < -0.39 is 11.7 Å². The third-order valence-electron chi connectivity index (χ3n) is 5.35. The van der Waals surface area contributed by atoms with E-state index in [1.807, 2.05) is 30.5 Å². The lowest BCUT2D eigenvalue weighted by atomic mass is 9.93. The molecule has 1 unspecified atom stereocenters. The van der Waals surface area contributed by atoms with Gasteiger partial charge in [0.1, 0.15) is 0 Å². The number of nitrogens with one attached hydrogen (secondary N) is 1. The molecule has 7 heteroatoms. The van der Waals surface area contributed by atoms with Crippen molar-refractivity contribution in [3.8, 4) is 0 Å². The molecule has 29 heavy (non-hydrogen) atoms. The lowest BCUT2D eigenvalue weighted by Gasteiger charge is -2.13. The smallest absolute Gasteiger partial charge is 0.327 e. The molecule has 3 rings (SSSR count). The number of anilines is 1. The van der Waals surface area contributed by atoms with Crippen LogP contribution >= 0.6 is 0 Å². The average Bonchev–Trinajstić information content (AvgIpc) is 3.07. The number of carbonyl (C=O) groups excluding carboxylic acids is 1.